The second kappa shape index (κ2) is 17.9. The van der Waals surface area contributed by atoms with E-state index in [1.807, 2.05) is 41.9 Å². The number of piperazine rings is 1. The predicted molar refractivity (Wildman–Crippen MR) is 241 cm³/mol. The molecule has 3 saturated heterocycles. The first kappa shape index (κ1) is 41.6. The van der Waals surface area contributed by atoms with Gasteiger partial charge in [-0.1, -0.05) is 12.1 Å². The summed E-state index contributed by atoms with van der Waals surface area (Å²) < 4.78 is 21.0. The Morgan fingerprint density at radius 1 is 0.841 bits per heavy atom. The third-order valence-electron chi connectivity index (χ3n) is 13.0. The first-order chi connectivity index (χ1) is 30.6. The number of nitrogens with one attached hydrogen (secondary N) is 3. The number of carbonyl (C=O) groups is 4. The highest BCUT2D eigenvalue weighted by atomic mass is 19.1. The van der Waals surface area contributed by atoms with Crippen LogP contribution in [0.1, 0.15) is 56.7 Å². The van der Waals surface area contributed by atoms with Crippen LogP contribution in [0.4, 0.5) is 37.8 Å². The van der Waals surface area contributed by atoms with Crippen molar-refractivity contribution in [3.05, 3.63) is 112 Å². The van der Waals surface area contributed by atoms with Gasteiger partial charge >= 0.3 is 6.03 Å². The molecule has 0 saturated carbocycles. The van der Waals surface area contributed by atoms with E-state index < -0.39 is 11.7 Å². The molecule has 4 aliphatic rings. The topological polar surface area (TPSA) is 144 Å². The van der Waals surface area contributed by atoms with E-state index in [-0.39, 0.29) is 24.0 Å². The number of aromatic nitrogens is 2. The molecule has 326 valence electrons. The van der Waals surface area contributed by atoms with Gasteiger partial charge in [0, 0.05) is 100 Å². The van der Waals surface area contributed by atoms with E-state index in [1.165, 1.54) is 36.2 Å². The number of hydrogen-bond donors (Lipinski definition) is 3. The second-order valence-electron chi connectivity index (χ2n) is 16.8. The smallest absolute Gasteiger partial charge is 0.328 e. The molecule has 4 aromatic carbocycles. The molecule has 63 heavy (non-hydrogen) atoms. The van der Waals surface area contributed by atoms with E-state index in [0.29, 0.717) is 48.3 Å². The van der Waals surface area contributed by atoms with Crippen LogP contribution in [0.15, 0.2) is 78.9 Å². The average Bonchev–Trinajstić information content (AvgIpc) is 3.55. The minimum absolute atomic E-state index is 0.126. The zero-order valence-electron chi connectivity index (χ0n) is 35.7. The van der Waals surface area contributed by atoms with E-state index in [9.17, 15) is 23.6 Å². The maximum Gasteiger partial charge on any atom is 0.328 e. The van der Waals surface area contributed by atoms with Gasteiger partial charge in [0.05, 0.1) is 18.2 Å². The van der Waals surface area contributed by atoms with Crippen LogP contribution in [0.25, 0.3) is 11.3 Å². The molecule has 4 aliphatic heterocycles. The molecule has 15 heteroatoms. The zero-order chi connectivity index (χ0) is 43.6. The van der Waals surface area contributed by atoms with Gasteiger partial charge in [-0.05, 0) is 116 Å². The van der Waals surface area contributed by atoms with Crippen molar-refractivity contribution >= 4 is 52.7 Å². The van der Waals surface area contributed by atoms with Crippen LogP contribution in [-0.2, 0) is 24.3 Å². The highest BCUT2D eigenvalue weighted by Crippen LogP contribution is 2.36. The standard InChI is InChI=1S/C48H52FN9O5/c1-31-25-34(3-4-35(31)28-50-47(61)40-27-36(49)5-12-43(40)63-2)45-41(30-59)46-51-42-11-10-39(26-33(42)15-20-58(46)53-45)56-23-21-54(22-24-56)29-32-13-17-55(18-14-32)37-6-8-38(9-7-37)57-19-16-44(60)52-48(57)62/h3-12,25-27,30,32,51H,13-24,28-29H2,1-2H3,(H,50,61)(H,52,60,62). The zero-order valence-corrected chi connectivity index (χ0v) is 35.7. The summed E-state index contributed by atoms with van der Waals surface area (Å²) in [5.41, 5.74) is 9.15. The molecule has 14 nitrogen and oxygen atoms in total. The number of benzene rings is 4. The van der Waals surface area contributed by atoms with Crippen LogP contribution in [0.2, 0.25) is 0 Å². The molecule has 5 aromatic rings. The second-order valence-corrected chi connectivity index (χ2v) is 16.8. The highest BCUT2D eigenvalue weighted by molar-refractivity contribution is 6.05. The first-order valence-electron chi connectivity index (χ1n) is 21.8. The van der Waals surface area contributed by atoms with Crippen LogP contribution >= 0.6 is 0 Å². The number of nitrogens with zero attached hydrogens (tertiary/aromatic N) is 6. The number of rotatable bonds is 11. The fourth-order valence-corrected chi connectivity index (χ4v) is 9.31. The Balaban J connectivity index is 0.771. The Labute approximate surface area is 366 Å². The molecule has 0 bridgehead atoms. The molecular weight excluding hydrogens is 802 g/mol. The molecule has 0 radical (unpaired) electrons. The summed E-state index contributed by atoms with van der Waals surface area (Å²) in [6.45, 7) is 10.3. The lowest BCUT2D eigenvalue weighted by Gasteiger charge is -2.40. The van der Waals surface area contributed by atoms with Crippen molar-refractivity contribution in [2.24, 2.45) is 5.92 Å². The maximum absolute atomic E-state index is 13.9. The van der Waals surface area contributed by atoms with Crippen molar-refractivity contribution in [1.82, 2.24) is 25.3 Å². The van der Waals surface area contributed by atoms with Crippen LogP contribution < -0.4 is 35.4 Å². The quantitative estimate of drug-likeness (QED) is 0.126. The monoisotopic (exact) mass is 853 g/mol. The number of piperidine rings is 1. The van der Waals surface area contributed by atoms with Crippen LogP contribution in [-0.4, -0.2) is 98.3 Å². The summed E-state index contributed by atoms with van der Waals surface area (Å²) in [7, 11) is 1.44. The van der Waals surface area contributed by atoms with Crippen molar-refractivity contribution in [2.75, 3.05) is 79.5 Å². The number of anilines is 5. The Morgan fingerprint density at radius 2 is 1.59 bits per heavy atom. The van der Waals surface area contributed by atoms with E-state index >= 15 is 0 Å². The van der Waals surface area contributed by atoms with E-state index in [0.717, 1.165) is 105 Å². The molecule has 5 heterocycles. The highest BCUT2D eigenvalue weighted by Gasteiger charge is 2.28. The van der Waals surface area contributed by atoms with Crippen molar-refractivity contribution in [2.45, 2.75) is 45.7 Å². The third-order valence-corrected chi connectivity index (χ3v) is 13.0. The van der Waals surface area contributed by atoms with Crippen molar-refractivity contribution in [1.29, 1.82) is 0 Å². The normalized spacial score (nSPS) is 17.0. The van der Waals surface area contributed by atoms with Gasteiger partial charge in [-0.2, -0.15) is 5.10 Å². The third kappa shape index (κ3) is 8.83. The summed E-state index contributed by atoms with van der Waals surface area (Å²) >= 11 is 0. The summed E-state index contributed by atoms with van der Waals surface area (Å²) in [6.07, 6.45) is 4.23. The number of imide groups is 1. The molecule has 0 aliphatic carbocycles. The number of ether oxygens (including phenoxy) is 1. The Hall–Kier alpha value is -6.74. The number of aryl methyl sites for hydroxylation is 3. The Kier molecular flexibility index (Phi) is 11.8. The van der Waals surface area contributed by atoms with Gasteiger partial charge in [-0.3, -0.25) is 29.5 Å². The molecule has 4 amide bonds. The lowest BCUT2D eigenvalue weighted by Crippen LogP contribution is -2.49. The van der Waals surface area contributed by atoms with Crippen LogP contribution in [0.5, 0.6) is 5.75 Å². The van der Waals surface area contributed by atoms with Gasteiger partial charge in [-0.15, -0.1) is 0 Å². The SMILES string of the molecule is COc1ccc(F)cc1C(=O)NCc1ccc(-c2nn3c(c2C=O)Nc2ccc(N4CCN(CC5CCN(c6ccc(N7CCC(=O)NC7=O)cc6)CC5)CC4)cc2CC3)cc1C. The number of urea groups is 1. The molecular formula is C48H52FN9O5. The summed E-state index contributed by atoms with van der Waals surface area (Å²) in [5, 5.41) is 13.7. The van der Waals surface area contributed by atoms with Gasteiger partial charge < -0.3 is 25.2 Å². The Bertz CT molecular complexity index is 2540. The van der Waals surface area contributed by atoms with Gasteiger partial charge in [0.15, 0.2) is 6.29 Å². The van der Waals surface area contributed by atoms with Gasteiger partial charge in [0.2, 0.25) is 5.91 Å². The molecule has 1 aromatic heterocycles. The molecule has 0 unspecified atom stereocenters. The van der Waals surface area contributed by atoms with Crippen molar-refractivity contribution in [3.63, 3.8) is 0 Å². The largest absolute Gasteiger partial charge is 0.496 e. The molecule has 3 N–H and O–H groups in total. The van der Waals surface area contributed by atoms with E-state index in [2.05, 4.69) is 61.0 Å². The number of amides is 4. The van der Waals surface area contributed by atoms with Crippen LogP contribution in [0.3, 0.4) is 0 Å². The van der Waals surface area contributed by atoms with Gasteiger partial charge in [0.1, 0.15) is 23.1 Å². The number of methoxy groups -OCH3 is 1. The van der Waals surface area contributed by atoms with Crippen molar-refractivity contribution < 1.29 is 28.3 Å². The minimum atomic E-state index is -0.519. The molecule has 9 rings (SSSR count). The lowest BCUT2D eigenvalue weighted by atomic mass is 9.95. The van der Waals surface area contributed by atoms with Gasteiger partial charge in [0.25, 0.3) is 5.91 Å². The predicted octanol–water partition coefficient (Wildman–Crippen LogP) is 6.53. The number of fused-ring (bicyclic) bond motifs is 2. The number of hydrogen-bond acceptors (Lipinski definition) is 10. The number of carbonyl (C=O) groups excluding carboxylic acids is 4. The molecule has 0 spiro atoms. The summed E-state index contributed by atoms with van der Waals surface area (Å²) in [6, 6.07) is 23.9. The average molecular weight is 854 g/mol. The Morgan fingerprint density at radius 3 is 2.32 bits per heavy atom. The number of aldehydes is 1. The summed E-state index contributed by atoms with van der Waals surface area (Å²) in [4.78, 5) is 58.5. The first-order valence-corrected chi connectivity index (χ1v) is 21.8. The fourth-order valence-electron chi connectivity index (χ4n) is 9.31. The minimum Gasteiger partial charge on any atom is -0.496 e. The van der Waals surface area contributed by atoms with Gasteiger partial charge in [-0.25, -0.2) is 13.9 Å². The lowest BCUT2D eigenvalue weighted by molar-refractivity contribution is -0.120. The van der Waals surface area contributed by atoms with Crippen molar-refractivity contribution in [3.8, 4) is 17.0 Å². The maximum atomic E-state index is 13.9. The fraction of sp³-hybridized carbons (Fsp3) is 0.354. The molecule has 0 atom stereocenters. The summed E-state index contributed by atoms with van der Waals surface area (Å²) in [5.74, 6) is 0.441. The molecule has 3 fully saturated rings. The number of halogens is 1. The van der Waals surface area contributed by atoms with E-state index in [1.54, 1.807) is 4.90 Å². The van der Waals surface area contributed by atoms with Crippen LogP contribution in [0, 0.1) is 18.7 Å². The van der Waals surface area contributed by atoms with E-state index in [4.69, 9.17) is 9.84 Å².